The Hall–Kier alpha value is 0. The van der Waals surface area contributed by atoms with Crippen LogP contribution in [0.2, 0.25) is 0 Å². The first-order valence-electron chi connectivity index (χ1n) is 9.29. The van der Waals surface area contributed by atoms with Crippen molar-refractivity contribution < 1.29 is 0 Å². The maximum Gasteiger partial charge on any atom is -0.0271 e. The largest absolute Gasteiger partial charge is 0.0654 e. The predicted octanol–water partition coefficient (Wildman–Crippen LogP) is 7.12. The summed E-state index contributed by atoms with van der Waals surface area (Å²) < 4.78 is 0. The summed E-state index contributed by atoms with van der Waals surface area (Å²) in [6.07, 6.45) is 20.6. The molecule has 1 aliphatic carbocycles. The zero-order chi connectivity index (χ0) is 14.0. The van der Waals surface area contributed by atoms with Crippen molar-refractivity contribution >= 4 is 0 Å². The topological polar surface area (TPSA) is 0 Å². The molecule has 0 amide bonds. The quantitative estimate of drug-likeness (QED) is 0.311. The minimum Gasteiger partial charge on any atom is -0.0654 e. The lowest BCUT2D eigenvalue weighted by Gasteiger charge is -2.11. The van der Waals surface area contributed by atoms with E-state index in [1.54, 1.807) is 0 Å². The lowest BCUT2D eigenvalue weighted by Crippen LogP contribution is -2.00. The van der Waals surface area contributed by atoms with E-state index in [1.165, 1.54) is 89.9 Å². The molecule has 1 unspecified atom stereocenters. The van der Waals surface area contributed by atoms with Gasteiger partial charge < -0.3 is 0 Å². The number of rotatable bonds is 13. The molecule has 1 atom stereocenters. The van der Waals surface area contributed by atoms with Crippen molar-refractivity contribution in [3.63, 3.8) is 0 Å². The van der Waals surface area contributed by atoms with Gasteiger partial charge in [-0.1, -0.05) is 97.8 Å². The zero-order valence-corrected chi connectivity index (χ0v) is 14.0. The van der Waals surface area contributed by atoms with Gasteiger partial charge in [0.1, 0.15) is 0 Å². The molecular formula is C19H38. The van der Waals surface area contributed by atoms with Crippen molar-refractivity contribution in [2.75, 3.05) is 0 Å². The van der Waals surface area contributed by atoms with E-state index in [2.05, 4.69) is 20.8 Å². The van der Waals surface area contributed by atoms with Gasteiger partial charge in [0.15, 0.2) is 0 Å². The SMILES string of the molecule is CCCCCCCCCCCCC1CC1(CC)CC. The molecule has 0 nitrogen and oxygen atoms in total. The second kappa shape index (κ2) is 9.83. The number of unbranched alkanes of at least 4 members (excludes halogenated alkanes) is 9. The minimum absolute atomic E-state index is 0.791. The van der Waals surface area contributed by atoms with Crippen LogP contribution in [0.25, 0.3) is 0 Å². The Bertz CT molecular complexity index is 202. The molecule has 1 fully saturated rings. The molecule has 0 aliphatic heterocycles. The number of hydrogen-bond acceptors (Lipinski definition) is 0. The van der Waals surface area contributed by atoms with Crippen LogP contribution < -0.4 is 0 Å². The fourth-order valence-electron chi connectivity index (χ4n) is 3.83. The molecule has 0 spiro atoms. The van der Waals surface area contributed by atoms with Crippen LogP contribution in [-0.2, 0) is 0 Å². The third-order valence-electron chi connectivity index (χ3n) is 5.67. The average molecular weight is 267 g/mol. The first kappa shape index (κ1) is 17.1. The normalized spacial score (nSPS) is 20.7. The Morgan fingerprint density at radius 1 is 0.684 bits per heavy atom. The van der Waals surface area contributed by atoms with Crippen LogP contribution in [-0.4, -0.2) is 0 Å². The molecule has 0 aromatic rings. The molecule has 0 saturated heterocycles. The standard InChI is InChI=1S/C19H38/c1-4-7-8-9-10-11-12-13-14-15-16-18-17-19(18,5-2)6-3/h18H,4-17H2,1-3H3. The number of hydrogen-bond donors (Lipinski definition) is 0. The Balaban J connectivity index is 1.80. The summed E-state index contributed by atoms with van der Waals surface area (Å²) in [5.41, 5.74) is 0.791. The molecule has 0 aromatic heterocycles. The average Bonchev–Trinajstić information content (AvgIpc) is 3.15. The van der Waals surface area contributed by atoms with Crippen molar-refractivity contribution in [3.8, 4) is 0 Å². The lowest BCUT2D eigenvalue weighted by atomic mass is 9.94. The van der Waals surface area contributed by atoms with Crippen molar-refractivity contribution in [2.45, 2.75) is 111 Å². The maximum atomic E-state index is 2.39. The second-order valence-corrected chi connectivity index (χ2v) is 6.94. The van der Waals surface area contributed by atoms with Gasteiger partial charge in [-0.05, 0) is 24.2 Å². The lowest BCUT2D eigenvalue weighted by molar-refractivity contribution is 0.400. The van der Waals surface area contributed by atoms with Gasteiger partial charge in [-0.15, -0.1) is 0 Å². The van der Waals surface area contributed by atoms with Crippen LogP contribution >= 0.6 is 0 Å². The molecule has 1 rings (SSSR count). The van der Waals surface area contributed by atoms with E-state index < -0.39 is 0 Å². The molecule has 114 valence electrons. The van der Waals surface area contributed by atoms with Crippen molar-refractivity contribution in [1.82, 2.24) is 0 Å². The fourth-order valence-corrected chi connectivity index (χ4v) is 3.83. The molecule has 0 N–H and O–H groups in total. The molecule has 0 aromatic carbocycles. The Morgan fingerprint density at radius 2 is 1.16 bits per heavy atom. The van der Waals surface area contributed by atoms with Gasteiger partial charge in [-0.3, -0.25) is 0 Å². The molecule has 1 saturated carbocycles. The van der Waals surface area contributed by atoms with Gasteiger partial charge in [-0.25, -0.2) is 0 Å². The highest BCUT2D eigenvalue weighted by Crippen LogP contribution is 2.59. The van der Waals surface area contributed by atoms with E-state index in [0.717, 1.165) is 11.3 Å². The van der Waals surface area contributed by atoms with Crippen molar-refractivity contribution in [3.05, 3.63) is 0 Å². The smallest absolute Gasteiger partial charge is 0.0271 e. The molecular weight excluding hydrogens is 228 g/mol. The summed E-state index contributed by atoms with van der Waals surface area (Å²) in [5, 5.41) is 0. The van der Waals surface area contributed by atoms with Crippen LogP contribution in [0.1, 0.15) is 111 Å². The summed E-state index contributed by atoms with van der Waals surface area (Å²) in [5.74, 6) is 1.09. The molecule has 0 radical (unpaired) electrons. The van der Waals surface area contributed by atoms with Crippen LogP contribution in [0.4, 0.5) is 0 Å². The minimum atomic E-state index is 0.791. The van der Waals surface area contributed by atoms with Gasteiger partial charge in [0.25, 0.3) is 0 Å². The van der Waals surface area contributed by atoms with Gasteiger partial charge in [0.05, 0.1) is 0 Å². The van der Waals surface area contributed by atoms with Crippen LogP contribution in [0, 0.1) is 11.3 Å². The van der Waals surface area contributed by atoms with Crippen LogP contribution in [0.5, 0.6) is 0 Å². The first-order valence-corrected chi connectivity index (χ1v) is 9.29. The Labute approximate surface area is 122 Å². The Morgan fingerprint density at radius 3 is 1.58 bits per heavy atom. The molecule has 19 heavy (non-hydrogen) atoms. The van der Waals surface area contributed by atoms with E-state index in [0.29, 0.717) is 0 Å². The summed E-state index contributed by atoms with van der Waals surface area (Å²) >= 11 is 0. The van der Waals surface area contributed by atoms with E-state index in [-0.39, 0.29) is 0 Å². The van der Waals surface area contributed by atoms with Crippen LogP contribution in [0.3, 0.4) is 0 Å². The van der Waals surface area contributed by atoms with Crippen molar-refractivity contribution in [2.24, 2.45) is 11.3 Å². The third kappa shape index (κ3) is 6.32. The second-order valence-electron chi connectivity index (χ2n) is 6.94. The highest BCUT2D eigenvalue weighted by atomic mass is 14.5. The highest BCUT2D eigenvalue weighted by molar-refractivity contribution is 4.99. The summed E-state index contributed by atoms with van der Waals surface area (Å²) in [7, 11) is 0. The van der Waals surface area contributed by atoms with Gasteiger partial charge >= 0.3 is 0 Å². The maximum absolute atomic E-state index is 2.39. The van der Waals surface area contributed by atoms with Gasteiger partial charge in [-0.2, -0.15) is 0 Å². The van der Waals surface area contributed by atoms with E-state index in [1.807, 2.05) is 0 Å². The fraction of sp³-hybridized carbons (Fsp3) is 1.00. The Kier molecular flexibility index (Phi) is 8.83. The molecule has 0 heteroatoms. The van der Waals surface area contributed by atoms with Gasteiger partial charge in [0, 0.05) is 0 Å². The molecule has 0 heterocycles. The van der Waals surface area contributed by atoms with Crippen LogP contribution in [0.15, 0.2) is 0 Å². The van der Waals surface area contributed by atoms with E-state index in [4.69, 9.17) is 0 Å². The summed E-state index contributed by atoms with van der Waals surface area (Å²) in [6, 6.07) is 0. The monoisotopic (exact) mass is 266 g/mol. The zero-order valence-electron chi connectivity index (χ0n) is 14.0. The van der Waals surface area contributed by atoms with Crippen molar-refractivity contribution in [1.29, 1.82) is 0 Å². The first-order chi connectivity index (χ1) is 9.29. The van der Waals surface area contributed by atoms with E-state index in [9.17, 15) is 0 Å². The third-order valence-corrected chi connectivity index (χ3v) is 5.67. The molecule has 0 bridgehead atoms. The summed E-state index contributed by atoms with van der Waals surface area (Å²) in [4.78, 5) is 0. The highest BCUT2D eigenvalue weighted by Gasteiger charge is 2.49. The molecule has 1 aliphatic rings. The summed E-state index contributed by atoms with van der Waals surface area (Å²) in [6.45, 7) is 7.08. The van der Waals surface area contributed by atoms with Gasteiger partial charge in [0.2, 0.25) is 0 Å². The van der Waals surface area contributed by atoms with E-state index >= 15 is 0 Å². The predicted molar refractivity (Wildman–Crippen MR) is 87.6 cm³/mol.